The standard InChI is InChI=1S/C27H24F6N4O2S/c1-25(2,3)17-8-6-16(7-9-17)23-35-36-24(37(23)14-21-5-4-10-39-21)40-15-22(38)34-20-12-18(26(28,29)30)11-19(13-20)27(31,32)33/h4-13H,14-15H2,1-3H3,(H,34,38). The summed E-state index contributed by atoms with van der Waals surface area (Å²) in [6.07, 6.45) is -8.56. The van der Waals surface area contributed by atoms with Crippen LogP contribution in [0.1, 0.15) is 43.2 Å². The molecule has 2 aromatic heterocycles. The summed E-state index contributed by atoms with van der Waals surface area (Å²) in [6.45, 7) is 6.49. The maximum atomic E-state index is 13.2. The van der Waals surface area contributed by atoms with Crippen molar-refractivity contribution in [1.29, 1.82) is 0 Å². The van der Waals surface area contributed by atoms with Gasteiger partial charge in [-0.15, -0.1) is 10.2 Å². The third-order valence-electron chi connectivity index (χ3n) is 5.82. The number of hydrogen-bond donors (Lipinski definition) is 1. The number of nitrogens with zero attached hydrogens (tertiary/aromatic N) is 3. The predicted octanol–water partition coefficient (Wildman–Crippen LogP) is 7.65. The maximum Gasteiger partial charge on any atom is 0.416 e. The van der Waals surface area contributed by atoms with E-state index in [0.717, 1.165) is 22.9 Å². The average Bonchev–Trinajstić information content (AvgIpc) is 3.51. The van der Waals surface area contributed by atoms with Crippen molar-refractivity contribution < 1.29 is 35.6 Å². The Labute approximate surface area is 229 Å². The van der Waals surface area contributed by atoms with Crippen molar-refractivity contribution >= 4 is 23.4 Å². The first-order chi connectivity index (χ1) is 18.6. The lowest BCUT2D eigenvalue weighted by molar-refractivity contribution is -0.143. The van der Waals surface area contributed by atoms with Gasteiger partial charge in [-0.3, -0.25) is 9.36 Å². The lowest BCUT2D eigenvalue weighted by Gasteiger charge is -2.19. The van der Waals surface area contributed by atoms with Crippen LogP contribution in [0.15, 0.2) is 70.4 Å². The Bertz CT molecular complexity index is 1440. The van der Waals surface area contributed by atoms with Crippen molar-refractivity contribution in [1.82, 2.24) is 14.8 Å². The highest BCUT2D eigenvalue weighted by Gasteiger charge is 2.37. The Morgan fingerprint density at radius 2 is 1.52 bits per heavy atom. The third-order valence-corrected chi connectivity index (χ3v) is 6.79. The molecule has 2 heterocycles. The second kappa shape index (κ2) is 11.0. The van der Waals surface area contributed by atoms with Crippen LogP contribution in [0, 0.1) is 0 Å². The molecule has 0 unspecified atom stereocenters. The summed E-state index contributed by atoms with van der Waals surface area (Å²) in [7, 11) is 0. The fourth-order valence-corrected chi connectivity index (χ4v) is 4.52. The molecular formula is C27H24F6N4O2S. The molecule has 2 aromatic carbocycles. The van der Waals surface area contributed by atoms with E-state index in [1.54, 1.807) is 16.7 Å². The monoisotopic (exact) mass is 582 g/mol. The zero-order valence-electron chi connectivity index (χ0n) is 21.5. The Morgan fingerprint density at radius 3 is 2.05 bits per heavy atom. The van der Waals surface area contributed by atoms with Crippen LogP contribution >= 0.6 is 11.8 Å². The molecule has 0 saturated heterocycles. The number of nitrogens with one attached hydrogen (secondary N) is 1. The van der Waals surface area contributed by atoms with E-state index in [2.05, 4.69) is 36.3 Å². The zero-order valence-corrected chi connectivity index (χ0v) is 22.3. The number of furan rings is 1. The molecule has 0 bridgehead atoms. The van der Waals surface area contributed by atoms with Crippen LogP contribution in [0.3, 0.4) is 0 Å². The van der Waals surface area contributed by atoms with Crippen molar-refractivity contribution in [3.8, 4) is 11.4 Å². The fraction of sp³-hybridized carbons (Fsp3) is 0.296. The van der Waals surface area contributed by atoms with Gasteiger partial charge in [-0.2, -0.15) is 26.3 Å². The van der Waals surface area contributed by atoms with Gasteiger partial charge < -0.3 is 9.73 Å². The quantitative estimate of drug-likeness (QED) is 0.179. The molecule has 4 rings (SSSR count). The summed E-state index contributed by atoms with van der Waals surface area (Å²) in [5, 5.41) is 10.9. The Balaban J connectivity index is 1.56. The third kappa shape index (κ3) is 7.06. The lowest BCUT2D eigenvalue weighted by Crippen LogP contribution is -2.17. The number of alkyl halides is 6. The summed E-state index contributed by atoms with van der Waals surface area (Å²) >= 11 is 0.930. The second-order valence-electron chi connectivity index (χ2n) is 9.93. The predicted molar refractivity (Wildman–Crippen MR) is 138 cm³/mol. The summed E-state index contributed by atoms with van der Waals surface area (Å²) in [6, 6.07) is 12.1. The van der Waals surface area contributed by atoms with Crippen molar-refractivity contribution in [2.24, 2.45) is 0 Å². The van der Waals surface area contributed by atoms with Crippen LogP contribution in [0.4, 0.5) is 32.0 Å². The van der Waals surface area contributed by atoms with Gasteiger partial charge in [0, 0.05) is 11.3 Å². The number of carbonyl (C=O) groups is 1. The van der Waals surface area contributed by atoms with E-state index in [4.69, 9.17) is 4.42 Å². The number of amides is 1. The molecule has 0 aliphatic carbocycles. The number of benzene rings is 2. The molecule has 0 fully saturated rings. The molecule has 0 aliphatic rings. The highest BCUT2D eigenvalue weighted by atomic mass is 32.2. The zero-order chi connectivity index (χ0) is 29.3. The van der Waals surface area contributed by atoms with Crippen LogP contribution in [-0.2, 0) is 29.1 Å². The van der Waals surface area contributed by atoms with Gasteiger partial charge in [-0.05, 0) is 41.3 Å². The highest BCUT2D eigenvalue weighted by Crippen LogP contribution is 2.37. The van der Waals surface area contributed by atoms with E-state index in [1.807, 2.05) is 24.3 Å². The minimum atomic E-state index is -5.03. The van der Waals surface area contributed by atoms with Crippen LogP contribution < -0.4 is 5.32 Å². The topological polar surface area (TPSA) is 73.0 Å². The number of aromatic nitrogens is 3. The first-order valence-corrected chi connectivity index (χ1v) is 12.9. The van der Waals surface area contributed by atoms with Gasteiger partial charge in [0.1, 0.15) is 5.76 Å². The van der Waals surface area contributed by atoms with Crippen molar-refractivity contribution in [3.63, 3.8) is 0 Å². The fourth-order valence-electron chi connectivity index (χ4n) is 3.78. The number of halogens is 6. The number of carbonyl (C=O) groups excluding carboxylic acids is 1. The maximum absolute atomic E-state index is 13.2. The van der Waals surface area contributed by atoms with E-state index >= 15 is 0 Å². The first kappa shape index (κ1) is 29.2. The smallest absolute Gasteiger partial charge is 0.416 e. The molecule has 1 N–H and O–H groups in total. The molecule has 40 heavy (non-hydrogen) atoms. The van der Waals surface area contributed by atoms with E-state index in [0.29, 0.717) is 28.9 Å². The van der Waals surface area contributed by atoms with Crippen LogP contribution in [0.2, 0.25) is 0 Å². The Kier molecular flexibility index (Phi) is 8.06. The largest absolute Gasteiger partial charge is 0.467 e. The number of rotatable bonds is 7. The molecule has 212 valence electrons. The van der Waals surface area contributed by atoms with E-state index in [-0.39, 0.29) is 23.8 Å². The lowest BCUT2D eigenvalue weighted by atomic mass is 9.87. The highest BCUT2D eigenvalue weighted by molar-refractivity contribution is 7.99. The van der Waals surface area contributed by atoms with Gasteiger partial charge >= 0.3 is 12.4 Å². The van der Waals surface area contributed by atoms with Gasteiger partial charge in [-0.1, -0.05) is 56.8 Å². The van der Waals surface area contributed by atoms with Crippen molar-refractivity contribution in [3.05, 3.63) is 83.3 Å². The summed E-state index contributed by atoms with van der Waals surface area (Å²) < 4.78 is 86.1. The Hall–Kier alpha value is -3.74. The summed E-state index contributed by atoms with van der Waals surface area (Å²) in [4.78, 5) is 12.6. The van der Waals surface area contributed by atoms with Crippen LogP contribution in [0.25, 0.3) is 11.4 Å². The number of anilines is 1. The van der Waals surface area contributed by atoms with Gasteiger partial charge in [0.2, 0.25) is 5.91 Å². The molecule has 1 amide bonds. The molecule has 0 saturated carbocycles. The molecule has 0 aliphatic heterocycles. The SMILES string of the molecule is CC(C)(C)c1ccc(-c2nnc(SCC(=O)Nc3cc(C(F)(F)F)cc(C(F)(F)F)c3)n2Cc2ccco2)cc1. The van der Waals surface area contributed by atoms with Crippen LogP contribution in [-0.4, -0.2) is 26.4 Å². The summed E-state index contributed by atoms with van der Waals surface area (Å²) in [5.74, 6) is -0.0903. The Morgan fingerprint density at radius 1 is 0.900 bits per heavy atom. The second-order valence-corrected chi connectivity index (χ2v) is 10.9. The van der Waals surface area contributed by atoms with Gasteiger partial charge in [0.15, 0.2) is 11.0 Å². The minimum absolute atomic E-state index is 0.00290. The molecule has 0 atom stereocenters. The van der Waals surface area contributed by atoms with Gasteiger partial charge in [0.05, 0.1) is 29.7 Å². The number of thioether (sulfide) groups is 1. The molecule has 4 aromatic rings. The molecule has 0 radical (unpaired) electrons. The van der Waals surface area contributed by atoms with E-state index in [1.165, 1.54) is 6.26 Å². The first-order valence-electron chi connectivity index (χ1n) is 11.9. The molecule has 0 spiro atoms. The summed E-state index contributed by atoms with van der Waals surface area (Å²) in [5.41, 5.74) is -1.86. The molecule has 13 heteroatoms. The van der Waals surface area contributed by atoms with E-state index < -0.39 is 35.1 Å². The molecule has 6 nitrogen and oxygen atoms in total. The minimum Gasteiger partial charge on any atom is -0.467 e. The van der Waals surface area contributed by atoms with Crippen LogP contribution in [0.5, 0.6) is 0 Å². The normalized spacial score (nSPS) is 12.5. The van der Waals surface area contributed by atoms with Crippen molar-refractivity contribution in [2.75, 3.05) is 11.1 Å². The van der Waals surface area contributed by atoms with E-state index in [9.17, 15) is 31.1 Å². The van der Waals surface area contributed by atoms with Crippen molar-refractivity contribution in [2.45, 2.75) is 50.2 Å². The van der Waals surface area contributed by atoms with Gasteiger partial charge in [-0.25, -0.2) is 0 Å². The molecular weight excluding hydrogens is 558 g/mol. The average molecular weight is 583 g/mol. The number of hydrogen-bond acceptors (Lipinski definition) is 5. The van der Waals surface area contributed by atoms with Gasteiger partial charge in [0.25, 0.3) is 0 Å².